The summed E-state index contributed by atoms with van der Waals surface area (Å²) in [6.07, 6.45) is -4.43. The number of nitrogens with one attached hydrogen (secondary N) is 2. The summed E-state index contributed by atoms with van der Waals surface area (Å²) in [6.45, 7) is 1.29. The fraction of sp³-hybridized carbons (Fsp3) is 0.364. The largest absolute Gasteiger partial charge is 0.490 e. The zero-order chi connectivity index (χ0) is 26.3. The number of carbonyl (C=O) groups excluding carboxylic acids is 1. The Hall–Kier alpha value is -2.97. The van der Waals surface area contributed by atoms with E-state index in [4.69, 9.17) is 0 Å². The highest BCUT2D eigenvalue weighted by Gasteiger charge is 2.42. The number of benzene rings is 1. The highest BCUT2D eigenvalue weighted by Crippen LogP contribution is 2.32. The molecule has 9 nitrogen and oxygen atoms in total. The second-order valence-electron chi connectivity index (χ2n) is 8.46. The molecule has 3 heterocycles. The van der Waals surface area contributed by atoms with Crippen molar-refractivity contribution in [1.29, 1.82) is 0 Å². The molecule has 1 unspecified atom stereocenters. The molecule has 4 rings (SSSR count). The number of hydrogen-bond acceptors (Lipinski definition) is 7. The molecule has 0 aliphatic carbocycles. The summed E-state index contributed by atoms with van der Waals surface area (Å²) >= 11 is 0. The van der Waals surface area contributed by atoms with Gasteiger partial charge in [0, 0.05) is 17.6 Å². The van der Waals surface area contributed by atoms with Crippen molar-refractivity contribution in [3.05, 3.63) is 48.3 Å². The fourth-order valence-electron chi connectivity index (χ4n) is 3.92. The molecule has 0 saturated carbocycles. The summed E-state index contributed by atoms with van der Waals surface area (Å²) in [7, 11) is -7.00. The maximum atomic E-state index is 12.8. The summed E-state index contributed by atoms with van der Waals surface area (Å²) in [4.78, 5) is 18.2. The number of halogens is 3. The van der Waals surface area contributed by atoms with Gasteiger partial charge in [0.2, 0.25) is 10.0 Å². The predicted molar refractivity (Wildman–Crippen MR) is 124 cm³/mol. The molecule has 1 aliphatic rings. The van der Waals surface area contributed by atoms with Gasteiger partial charge in [0.1, 0.15) is 21.6 Å². The minimum absolute atomic E-state index is 0.00687. The van der Waals surface area contributed by atoms with Gasteiger partial charge in [-0.2, -0.15) is 13.2 Å². The number of alkyl halides is 3. The van der Waals surface area contributed by atoms with E-state index in [-0.39, 0.29) is 34.9 Å². The molecule has 3 aromatic rings. The third-order valence-corrected chi connectivity index (χ3v) is 9.11. The average molecular weight is 546 g/mol. The number of sulfonamides is 1. The normalized spacial score (nSPS) is 17.7. The molecule has 2 N–H and O–H groups in total. The van der Waals surface area contributed by atoms with Crippen molar-refractivity contribution in [2.45, 2.75) is 43.0 Å². The molecule has 0 bridgehead atoms. The molecule has 1 aliphatic heterocycles. The van der Waals surface area contributed by atoms with Gasteiger partial charge >= 0.3 is 12.1 Å². The van der Waals surface area contributed by atoms with Crippen molar-refractivity contribution in [2.24, 2.45) is 0 Å². The Morgan fingerprint density at radius 2 is 1.81 bits per heavy atom. The number of ether oxygens (including phenoxy) is 1. The van der Waals surface area contributed by atoms with Crippen molar-refractivity contribution in [1.82, 2.24) is 14.7 Å². The zero-order valence-electron chi connectivity index (χ0n) is 18.9. The third-order valence-electron chi connectivity index (χ3n) is 5.86. The summed E-state index contributed by atoms with van der Waals surface area (Å²) in [5, 5.41) is 0.541. The van der Waals surface area contributed by atoms with Crippen LogP contribution in [0, 0.1) is 0 Å². The second-order valence-corrected chi connectivity index (χ2v) is 12.5. The van der Waals surface area contributed by atoms with Gasteiger partial charge in [-0.15, -0.1) is 0 Å². The van der Waals surface area contributed by atoms with Gasteiger partial charge in [0.05, 0.1) is 22.1 Å². The number of carbonyl (C=O) groups is 1. The van der Waals surface area contributed by atoms with E-state index in [1.807, 2.05) is 0 Å². The van der Waals surface area contributed by atoms with E-state index in [2.05, 4.69) is 19.4 Å². The number of H-pyrrole nitrogens is 1. The minimum Gasteiger partial charge on any atom is -0.450 e. The first-order chi connectivity index (χ1) is 16.7. The van der Waals surface area contributed by atoms with Crippen molar-refractivity contribution in [2.75, 3.05) is 11.5 Å². The molecule has 1 fully saturated rings. The maximum Gasteiger partial charge on any atom is 0.490 e. The van der Waals surface area contributed by atoms with Crippen molar-refractivity contribution in [3.63, 3.8) is 0 Å². The van der Waals surface area contributed by atoms with Crippen LogP contribution in [0.4, 0.5) is 13.2 Å². The predicted octanol–water partition coefficient (Wildman–Crippen LogP) is 3.25. The van der Waals surface area contributed by atoms with E-state index < -0.39 is 44.2 Å². The van der Waals surface area contributed by atoms with Crippen LogP contribution in [-0.4, -0.2) is 56.5 Å². The lowest BCUT2D eigenvalue weighted by Gasteiger charge is -2.22. The van der Waals surface area contributed by atoms with E-state index >= 15 is 0 Å². The number of aromatic amines is 1. The molecule has 14 heteroatoms. The Balaban J connectivity index is 1.55. The molecule has 194 valence electrons. The number of nitrogens with zero attached hydrogens (tertiary/aromatic N) is 1. The Kier molecular flexibility index (Phi) is 6.88. The van der Waals surface area contributed by atoms with Crippen LogP contribution in [0.25, 0.3) is 22.2 Å². The van der Waals surface area contributed by atoms with Crippen LogP contribution < -0.4 is 4.72 Å². The highest BCUT2D eigenvalue weighted by atomic mass is 32.2. The van der Waals surface area contributed by atoms with Gasteiger partial charge in [-0.1, -0.05) is 12.1 Å². The number of pyridine rings is 1. The van der Waals surface area contributed by atoms with Crippen molar-refractivity contribution < 1.29 is 39.5 Å². The maximum absolute atomic E-state index is 12.8. The molecule has 1 aromatic carbocycles. The van der Waals surface area contributed by atoms with Crippen LogP contribution in [-0.2, 0) is 29.4 Å². The lowest BCUT2D eigenvalue weighted by atomic mass is 10.0. The molecule has 0 radical (unpaired) electrons. The van der Waals surface area contributed by atoms with Gasteiger partial charge in [0.25, 0.3) is 0 Å². The monoisotopic (exact) mass is 545 g/mol. The Labute approximate surface area is 205 Å². The van der Waals surface area contributed by atoms with E-state index in [1.165, 1.54) is 31.3 Å². The minimum atomic E-state index is -5.12. The Bertz CT molecular complexity index is 1490. The Morgan fingerprint density at radius 3 is 2.42 bits per heavy atom. The molecule has 1 saturated heterocycles. The average Bonchev–Trinajstić information content (AvgIpc) is 3.24. The number of esters is 1. The molecule has 2 aromatic heterocycles. The number of aromatic nitrogens is 2. The van der Waals surface area contributed by atoms with E-state index in [0.29, 0.717) is 22.2 Å². The van der Waals surface area contributed by atoms with Gasteiger partial charge < -0.3 is 9.72 Å². The molecule has 36 heavy (non-hydrogen) atoms. The number of rotatable bonds is 6. The first kappa shape index (κ1) is 26.1. The van der Waals surface area contributed by atoms with E-state index in [0.717, 1.165) is 0 Å². The van der Waals surface area contributed by atoms with Crippen molar-refractivity contribution >= 4 is 36.9 Å². The van der Waals surface area contributed by atoms with Gasteiger partial charge in [0.15, 0.2) is 0 Å². The van der Waals surface area contributed by atoms with Gasteiger partial charge in [-0.25, -0.2) is 31.3 Å². The zero-order valence-corrected chi connectivity index (χ0v) is 20.5. The summed E-state index contributed by atoms with van der Waals surface area (Å²) in [5.74, 6) is -2.43. The molecular formula is C22H22F3N3O6S2. The highest BCUT2D eigenvalue weighted by molar-refractivity contribution is 7.91. The molecule has 0 amide bonds. The van der Waals surface area contributed by atoms with E-state index in [9.17, 15) is 34.8 Å². The fourth-order valence-corrected chi connectivity index (χ4v) is 6.71. The van der Waals surface area contributed by atoms with Crippen LogP contribution in [0.3, 0.4) is 0 Å². The van der Waals surface area contributed by atoms with Gasteiger partial charge in [-0.3, -0.25) is 0 Å². The SMILES string of the molecule is CC(OC(=O)C(F)(F)F)c1cc2c(-c3ccc(S(=O)(=O)NC4CCS(=O)(=O)CC4)cc3)ccnc2[nH]1. The van der Waals surface area contributed by atoms with Crippen LogP contribution in [0.15, 0.2) is 47.5 Å². The summed E-state index contributed by atoms with van der Waals surface area (Å²) in [6, 6.07) is 8.69. The van der Waals surface area contributed by atoms with E-state index in [1.54, 1.807) is 18.2 Å². The summed E-state index contributed by atoms with van der Waals surface area (Å²) in [5.41, 5.74) is 1.81. The second kappa shape index (κ2) is 9.48. The van der Waals surface area contributed by atoms with Crippen LogP contribution in [0.2, 0.25) is 0 Å². The standard InChI is InChI=1S/C22H22F3N3O6S2/c1-13(34-21(29)22(23,24)25)19-12-18-17(6-9-26-20(18)27-19)14-2-4-16(5-3-14)36(32,33)28-15-7-10-35(30,31)11-8-15/h2-6,9,12-13,15,28H,7-8,10-11H2,1H3,(H,26,27). The van der Waals surface area contributed by atoms with Gasteiger partial charge in [-0.05, 0) is 55.2 Å². The number of sulfone groups is 1. The topological polar surface area (TPSA) is 135 Å². The Morgan fingerprint density at radius 1 is 1.17 bits per heavy atom. The van der Waals surface area contributed by atoms with Crippen LogP contribution >= 0.6 is 0 Å². The first-order valence-corrected chi connectivity index (χ1v) is 14.1. The lowest BCUT2D eigenvalue weighted by Crippen LogP contribution is -2.40. The summed E-state index contributed by atoms with van der Waals surface area (Å²) < 4.78 is 93.3. The smallest absolute Gasteiger partial charge is 0.450 e. The molecule has 1 atom stereocenters. The lowest BCUT2D eigenvalue weighted by molar-refractivity contribution is -0.204. The number of fused-ring (bicyclic) bond motifs is 1. The first-order valence-electron chi connectivity index (χ1n) is 10.8. The van der Waals surface area contributed by atoms with Crippen LogP contribution in [0.5, 0.6) is 0 Å². The van der Waals surface area contributed by atoms with Crippen LogP contribution in [0.1, 0.15) is 31.6 Å². The third kappa shape index (κ3) is 5.71. The molecule has 0 spiro atoms. The van der Waals surface area contributed by atoms with Crippen molar-refractivity contribution in [3.8, 4) is 11.1 Å². The number of hydrogen-bond donors (Lipinski definition) is 2. The molecular weight excluding hydrogens is 523 g/mol. The quantitative estimate of drug-likeness (QED) is 0.454.